The van der Waals surface area contributed by atoms with E-state index in [1.54, 1.807) is 0 Å². The van der Waals surface area contributed by atoms with Gasteiger partial charge in [0.05, 0.1) is 7.11 Å². The summed E-state index contributed by atoms with van der Waals surface area (Å²) in [7, 11) is 1.43. The van der Waals surface area contributed by atoms with Gasteiger partial charge in [-0.1, -0.05) is 6.07 Å². The molecule has 92 valence electrons. The summed E-state index contributed by atoms with van der Waals surface area (Å²) in [4.78, 5) is 13.6. The molecule has 1 aliphatic rings. The Kier molecular flexibility index (Phi) is 3.33. The van der Waals surface area contributed by atoms with Gasteiger partial charge in [-0.2, -0.15) is 0 Å². The highest BCUT2D eigenvalue weighted by Crippen LogP contribution is 2.22. The molecule has 2 rings (SSSR count). The smallest absolute Gasteiger partial charge is 0.322 e. The van der Waals surface area contributed by atoms with Crippen LogP contribution in [-0.2, 0) is 22.5 Å². The zero-order valence-corrected chi connectivity index (χ0v) is 10.3. The first-order chi connectivity index (χ1) is 8.11. The lowest BCUT2D eigenvalue weighted by Crippen LogP contribution is -2.42. The second-order valence-corrected chi connectivity index (χ2v) is 4.45. The maximum Gasteiger partial charge on any atom is 0.322 e. The fourth-order valence-corrected chi connectivity index (χ4v) is 2.25. The zero-order chi connectivity index (χ0) is 12.4. The Labute approximate surface area is 101 Å². The molecule has 0 fully saturated rings. The summed E-state index contributed by atoms with van der Waals surface area (Å²) in [5.41, 5.74) is 9.09. The van der Waals surface area contributed by atoms with Crippen molar-refractivity contribution in [2.45, 2.75) is 25.9 Å². The van der Waals surface area contributed by atoms with Crippen LogP contribution in [0.1, 0.15) is 18.1 Å². The second kappa shape index (κ2) is 4.75. The van der Waals surface area contributed by atoms with Gasteiger partial charge in [0.25, 0.3) is 0 Å². The number of nitrogens with two attached hydrogens (primary N) is 1. The number of rotatable bonds is 2. The number of nitrogens with zero attached hydrogens (tertiary/aromatic N) is 1. The Morgan fingerprint density at radius 1 is 1.47 bits per heavy atom. The number of hydrogen-bond donors (Lipinski definition) is 1. The van der Waals surface area contributed by atoms with Crippen molar-refractivity contribution in [2.75, 3.05) is 19.4 Å². The number of ether oxygens (including phenoxy) is 1. The molecule has 1 aromatic rings. The van der Waals surface area contributed by atoms with Crippen LogP contribution in [0.15, 0.2) is 18.2 Å². The molecular formula is C13H18N2O2. The minimum atomic E-state index is -0.199. The minimum Gasteiger partial charge on any atom is -0.468 e. The molecule has 4 heteroatoms. The van der Waals surface area contributed by atoms with E-state index in [9.17, 15) is 4.79 Å². The van der Waals surface area contributed by atoms with Gasteiger partial charge in [-0.3, -0.25) is 9.69 Å². The molecule has 0 bridgehead atoms. The number of nitrogen functional groups attached to an aromatic ring is 1. The third-order valence-corrected chi connectivity index (χ3v) is 3.36. The number of carbonyl (C=O) groups excluding carboxylic acids is 1. The first-order valence-corrected chi connectivity index (χ1v) is 5.81. The van der Waals surface area contributed by atoms with Crippen LogP contribution in [-0.4, -0.2) is 30.6 Å². The number of esters is 1. The van der Waals surface area contributed by atoms with Gasteiger partial charge in [-0.15, -0.1) is 0 Å². The highest BCUT2D eigenvalue weighted by molar-refractivity contribution is 5.75. The molecule has 0 aliphatic carbocycles. The summed E-state index contributed by atoms with van der Waals surface area (Å²) in [5, 5.41) is 0. The molecule has 1 heterocycles. The number of carbonyl (C=O) groups is 1. The van der Waals surface area contributed by atoms with Gasteiger partial charge in [0, 0.05) is 18.8 Å². The summed E-state index contributed by atoms with van der Waals surface area (Å²) in [5.74, 6) is -0.183. The number of hydrogen-bond acceptors (Lipinski definition) is 4. The zero-order valence-electron chi connectivity index (χ0n) is 10.3. The van der Waals surface area contributed by atoms with Crippen molar-refractivity contribution < 1.29 is 9.53 Å². The standard InChI is InChI=1S/C13H18N2O2/c1-9(13(16)17-2)15-6-5-10-3-4-12(14)7-11(10)8-15/h3-4,7,9H,5-6,8,14H2,1-2H3. The van der Waals surface area contributed by atoms with E-state index in [0.29, 0.717) is 0 Å². The average Bonchev–Trinajstić information content (AvgIpc) is 2.36. The van der Waals surface area contributed by atoms with Crippen molar-refractivity contribution in [3.8, 4) is 0 Å². The summed E-state index contributed by atoms with van der Waals surface area (Å²) in [6.45, 7) is 3.52. The van der Waals surface area contributed by atoms with Crippen molar-refractivity contribution in [3.63, 3.8) is 0 Å². The third-order valence-electron chi connectivity index (χ3n) is 3.36. The fraction of sp³-hybridized carbons (Fsp3) is 0.462. The topological polar surface area (TPSA) is 55.6 Å². The normalized spacial score (nSPS) is 17.3. The summed E-state index contributed by atoms with van der Waals surface area (Å²) >= 11 is 0. The Morgan fingerprint density at radius 2 is 2.24 bits per heavy atom. The van der Waals surface area contributed by atoms with Gasteiger partial charge in [0.1, 0.15) is 6.04 Å². The van der Waals surface area contributed by atoms with Crippen molar-refractivity contribution in [3.05, 3.63) is 29.3 Å². The summed E-state index contributed by atoms with van der Waals surface area (Å²) in [6.07, 6.45) is 0.955. The molecule has 0 saturated heterocycles. The van der Waals surface area contributed by atoms with Crippen LogP contribution in [0.3, 0.4) is 0 Å². The van der Waals surface area contributed by atoms with Gasteiger partial charge in [0.15, 0.2) is 0 Å². The Bertz CT molecular complexity index is 431. The van der Waals surface area contributed by atoms with E-state index in [0.717, 1.165) is 25.2 Å². The van der Waals surface area contributed by atoms with Crippen LogP contribution in [0.5, 0.6) is 0 Å². The van der Waals surface area contributed by atoms with E-state index in [-0.39, 0.29) is 12.0 Å². The molecule has 4 nitrogen and oxygen atoms in total. The van der Waals surface area contributed by atoms with Crippen LogP contribution >= 0.6 is 0 Å². The lowest BCUT2D eigenvalue weighted by molar-refractivity contribution is -0.146. The van der Waals surface area contributed by atoms with Crippen molar-refractivity contribution in [1.82, 2.24) is 4.90 Å². The highest BCUT2D eigenvalue weighted by atomic mass is 16.5. The van der Waals surface area contributed by atoms with E-state index >= 15 is 0 Å². The van der Waals surface area contributed by atoms with Crippen LogP contribution in [0, 0.1) is 0 Å². The van der Waals surface area contributed by atoms with E-state index in [2.05, 4.69) is 11.0 Å². The van der Waals surface area contributed by atoms with Gasteiger partial charge >= 0.3 is 5.97 Å². The van der Waals surface area contributed by atoms with Crippen LogP contribution < -0.4 is 5.73 Å². The van der Waals surface area contributed by atoms with Crippen molar-refractivity contribution in [2.24, 2.45) is 0 Å². The molecule has 1 unspecified atom stereocenters. The Balaban J connectivity index is 2.15. The lowest BCUT2D eigenvalue weighted by Gasteiger charge is -2.32. The van der Waals surface area contributed by atoms with Gasteiger partial charge in [-0.05, 0) is 36.6 Å². The van der Waals surface area contributed by atoms with Crippen LogP contribution in [0.4, 0.5) is 5.69 Å². The van der Waals surface area contributed by atoms with Gasteiger partial charge in [-0.25, -0.2) is 0 Å². The number of benzene rings is 1. The van der Waals surface area contributed by atoms with E-state index in [4.69, 9.17) is 10.5 Å². The Hall–Kier alpha value is -1.55. The second-order valence-electron chi connectivity index (χ2n) is 4.45. The molecule has 0 saturated carbocycles. The van der Waals surface area contributed by atoms with E-state index < -0.39 is 0 Å². The molecular weight excluding hydrogens is 216 g/mol. The summed E-state index contributed by atoms with van der Waals surface area (Å²) in [6, 6.07) is 5.80. The molecule has 17 heavy (non-hydrogen) atoms. The van der Waals surface area contributed by atoms with E-state index in [1.165, 1.54) is 18.2 Å². The molecule has 2 N–H and O–H groups in total. The number of anilines is 1. The predicted molar refractivity (Wildman–Crippen MR) is 66.4 cm³/mol. The van der Waals surface area contributed by atoms with Crippen LogP contribution in [0.25, 0.3) is 0 Å². The van der Waals surface area contributed by atoms with Crippen molar-refractivity contribution in [1.29, 1.82) is 0 Å². The monoisotopic (exact) mass is 234 g/mol. The van der Waals surface area contributed by atoms with Crippen molar-refractivity contribution >= 4 is 11.7 Å². The van der Waals surface area contributed by atoms with Gasteiger partial charge < -0.3 is 10.5 Å². The highest BCUT2D eigenvalue weighted by Gasteiger charge is 2.25. The predicted octanol–water partition coefficient (Wildman–Crippen LogP) is 1.19. The van der Waals surface area contributed by atoms with Gasteiger partial charge in [0.2, 0.25) is 0 Å². The maximum atomic E-state index is 11.5. The average molecular weight is 234 g/mol. The van der Waals surface area contributed by atoms with Crippen LogP contribution in [0.2, 0.25) is 0 Å². The number of methoxy groups -OCH3 is 1. The molecule has 0 amide bonds. The fourth-order valence-electron chi connectivity index (χ4n) is 2.25. The molecule has 0 spiro atoms. The largest absolute Gasteiger partial charge is 0.468 e. The SMILES string of the molecule is COC(=O)C(C)N1CCc2ccc(N)cc2C1. The first-order valence-electron chi connectivity index (χ1n) is 5.81. The third kappa shape index (κ3) is 2.42. The molecule has 1 atom stereocenters. The maximum absolute atomic E-state index is 11.5. The Morgan fingerprint density at radius 3 is 2.94 bits per heavy atom. The lowest BCUT2D eigenvalue weighted by atomic mass is 9.98. The molecule has 0 aromatic heterocycles. The molecule has 0 radical (unpaired) electrons. The summed E-state index contributed by atoms with van der Waals surface area (Å²) < 4.78 is 4.77. The minimum absolute atomic E-state index is 0.183. The molecule has 1 aliphatic heterocycles. The molecule has 1 aromatic carbocycles. The quantitative estimate of drug-likeness (QED) is 0.617. The van der Waals surface area contributed by atoms with E-state index in [1.807, 2.05) is 19.1 Å². The first kappa shape index (κ1) is 11.9. The number of fused-ring (bicyclic) bond motifs is 1.